The van der Waals surface area contributed by atoms with Crippen molar-refractivity contribution in [2.45, 2.75) is 18.9 Å². The van der Waals surface area contributed by atoms with Gasteiger partial charge in [-0.15, -0.1) is 0 Å². The number of hydrogen-bond acceptors (Lipinski definition) is 6. The van der Waals surface area contributed by atoms with Crippen molar-refractivity contribution in [1.82, 2.24) is 9.88 Å². The molecule has 1 aromatic heterocycles. The Morgan fingerprint density at radius 3 is 2.55 bits per heavy atom. The van der Waals surface area contributed by atoms with Gasteiger partial charge in [0, 0.05) is 39.3 Å². The van der Waals surface area contributed by atoms with Gasteiger partial charge in [0.25, 0.3) is 5.69 Å². The minimum atomic E-state index is -0.369. The van der Waals surface area contributed by atoms with Gasteiger partial charge in [-0.3, -0.25) is 15.0 Å². The van der Waals surface area contributed by atoms with Crippen LogP contribution in [0.25, 0.3) is 0 Å². The van der Waals surface area contributed by atoms with Crippen LogP contribution in [0, 0.1) is 10.1 Å². The van der Waals surface area contributed by atoms with E-state index in [4.69, 9.17) is 0 Å². The molecule has 0 radical (unpaired) electrons. The van der Waals surface area contributed by atoms with Gasteiger partial charge in [-0.25, -0.2) is 4.98 Å². The molecule has 0 unspecified atom stereocenters. The molecule has 1 aliphatic heterocycles. The molecule has 7 nitrogen and oxygen atoms in total. The van der Waals surface area contributed by atoms with Crippen LogP contribution in [0.1, 0.15) is 12.8 Å². The number of nitro groups is 1. The third-order valence-corrected chi connectivity index (χ3v) is 3.97. The fourth-order valence-electron chi connectivity index (χ4n) is 2.65. The Kier molecular flexibility index (Phi) is 3.43. The Hall–Kier alpha value is -1.89. The first-order chi connectivity index (χ1) is 9.67. The predicted molar refractivity (Wildman–Crippen MR) is 77.2 cm³/mol. The second kappa shape index (κ2) is 5.24. The Balaban J connectivity index is 1.75. The average molecular weight is 277 g/mol. The Bertz CT molecular complexity index is 509. The van der Waals surface area contributed by atoms with Crippen LogP contribution in [0.5, 0.6) is 0 Å². The molecule has 3 rings (SSSR count). The van der Waals surface area contributed by atoms with Gasteiger partial charge >= 0.3 is 0 Å². The fraction of sp³-hybridized carbons (Fsp3) is 0.615. The van der Waals surface area contributed by atoms with Gasteiger partial charge in [-0.2, -0.15) is 0 Å². The SMILES string of the molecule is CNc1cc([N+](=O)[O-])cc(N2CCN(C3CC3)CC2)n1. The van der Waals surface area contributed by atoms with E-state index >= 15 is 0 Å². The van der Waals surface area contributed by atoms with Crippen LogP contribution in [0.3, 0.4) is 0 Å². The van der Waals surface area contributed by atoms with Crippen molar-refractivity contribution < 1.29 is 4.92 Å². The molecule has 0 spiro atoms. The van der Waals surface area contributed by atoms with E-state index in [1.807, 2.05) is 0 Å². The molecule has 2 fully saturated rings. The molecule has 1 aromatic rings. The summed E-state index contributed by atoms with van der Waals surface area (Å²) in [5.74, 6) is 1.23. The lowest BCUT2D eigenvalue weighted by Gasteiger charge is -2.35. The first kappa shape index (κ1) is 13.1. The molecule has 7 heteroatoms. The highest BCUT2D eigenvalue weighted by Crippen LogP contribution is 2.29. The van der Waals surface area contributed by atoms with Gasteiger partial charge in [-0.1, -0.05) is 0 Å². The zero-order chi connectivity index (χ0) is 14.1. The summed E-state index contributed by atoms with van der Waals surface area (Å²) in [6.45, 7) is 3.80. The quantitative estimate of drug-likeness (QED) is 0.661. The number of nitrogens with zero attached hydrogens (tertiary/aromatic N) is 4. The molecule has 1 saturated carbocycles. The normalized spacial score (nSPS) is 19.9. The van der Waals surface area contributed by atoms with E-state index in [-0.39, 0.29) is 10.6 Å². The molecule has 1 aliphatic carbocycles. The summed E-state index contributed by atoms with van der Waals surface area (Å²) in [6, 6.07) is 3.81. The van der Waals surface area contributed by atoms with Crippen LogP contribution < -0.4 is 10.2 Å². The van der Waals surface area contributed by atoms with Crippen LogP contribution in [-0.2, 0) is 0 Å². The van der Waals surface area contributed by atoms with Gasteiger partial charge in [-0.05, 0) is 12.8 Å². The van der Waals surface area contributed by atoms with Gasteiger partial charge in [0.2, 0.25) is 0 Å². The Labute approximate surface area is 117 Å². The summed E-state index contributed by atoms with van der Waals surface area (Å²) in [6.07, 6.45) is 2.64. The van der Waals surface area contributed by atoms with Crippen LogP contribution in [-0.4, -0.2) is 54.1 Å². The standard InChI is InChI=1S/C13H19N5O2/c1-14-12-8-11(18(19)20)9-13(15-12)17-6-4-16(5-7-17)10-2-3-10/h8-10H,2-7H2,1H3,(H,14,15). The monoisotopic (exact) mass is 277 g/mol. The van der Waals surface area contributed by atoms with E-state index in [0.29, 0.717) is 11.6 Å². The minimum absolute atomic E-state index is 0.0870. The third-order valence-electron chi connectivity index (χ3n) is 3.97. The van der Waals surface area contributed by atoms with Crippen molar-refractivity contribution in [3.05, 3.63) is 22.2 Å². The zero-order valence-electron chi connectivity index (χ0n) is 11.6. The molecule has 2 heterocycles. The summed E-state index contributed by atoms with van der Waals surface area (Å²) >= 11 is 0. The van der Waals surface area contributed by atoms with Crippen molar-refractivity contribution in [3.8, 4) is 0 Å². The summed E-state index contributed by atoms with van der Waals surface area (Å²) in [5, 5.41) is 13.9. The van der Waals surface area contributed by atoms with Crippen molar-refractivity contribution in [2.24, 2.45) is 0 Å². The molecular formula is C13H19N5O2. The van der Waals surface area contributed by atoms with Crippen molar-refractivity contribution in [3.63, 3.8) is 0 Å². The van der Waals surface area contributed by atoms with Gasteiger partial charge in [0.1, 0.15) is 11.6 Å². The zero-order valence-corrected chi connectivity index (χ0v) is 11.6. The maximum atomic E-state index is 11.0. The Morgan fingerprint density at radius 2 is 2.00 bits per heavy atom. The molecule has 1 N–H and O–H groups in total. The van der Waals surface area contributed by atoms with Crippen LogP contribution in [0.2, 0.25) is 0 Å². The van der Waals surface area contributed by atoms with Gasteiger partial charge in [0.05, 0.1) is 17.1 Å². The highest BCUT2D eigenvalue weighted by Gasteiger charge is 2.31. The highest BCUT2D eigenvalue weighted by atomic mass is 16.6. The molecule has 2 aliphatic rings. The predicted octanol–water partition coefficient (Wildman–Crippen LogP) is 1.32. The van der Waals surface area contributed by atoms with Crippen molar-refractivity contribution >= 4 is 17.3 Å². The molecule has 0 amide bonds. The minimum Gasteiger partial charge on any atom is -0.373 e. The van der Waals surface area contributed by atoms with Crippen LogP contribution in [0.15, 0.2) is 12.1 Å². The first-order valence-electron chi connectivity index (χ1n) is 7.00. The summed E-state index contributed by atoms with van der Waals surface area (Å²) in [4.78, 5) is 19.7. The number of hydrogen-bond donors (Lipinski definition) is 1. The van der Waals surface area contributed by atoms with Crippen molar-refractivity contribution in [2.75, 3.05) is 43.4 Å². The van der Waals surface area contributed by atoms with E-state index in [0.717, 1.165) is 32.2 Å². The topological polar surface area (TPSA) is 74.5 Å². The number of aromatic nitrogens is 1. The molecule has 20 heavy (non-hydrogen) atoms. The van der Waals surface area contributed by atoms with Gasteiger partial charge < -0.3 is 10.2 Å². The van der Waals surface area contributed by atoms with E-state index in [1.165, 1.54) is 18.9 Å². The molecular weight excluding hydrogens is 258 g/mol. The third kappa shape index (κ3) is 2.67. The van der Waals surface area contributed by atoms with E-state index in [9.17, 15) is 10.1 Å². The maximum Gasteiger partial charge on any atom is 0.276 e. The summed E-state index contributed by atoms with van der Waals surface area (Å²) in [7, 11) is 1.72. The lowest BCUT2D eigenvalue weighted by atomic mass is 10.3. The molecule has 108 valence electrons. The molecule has 0 aromatic carbocycles. The second-order valence-corrected chi connectivity index (χ2v) is 5.33. The first-order valence-corrected chi connectivity index (χ1v) is 7.00. The smallest absolute Gasteiger partial charge is 0.276 e. The maximum absolute atomic E-state index is 11.0. The van der Waals surface area contributed by atoms with Crippen LogP contribution >= 0.6 is 0 Å². The number of rotatable bonds is 4. The number of nitrogens with one attached hydrogen (secondary N) is 1. The average Bonchev–Trinajstić information content (AvgIpc) is 3.31. The van der Waals surface area contributed by atoms with Gasteiger partial charge in [0.15, 0.2) is 0 Å². The number of anilines is 2. The summed E-state index contributed by atoms with van der Waals surface area (Å²) < 4.78 is 0. The largest absolute Gasteiger partial charge is 0.373 e. The van der Waals surface area contributed by atoms with Crippen LogP contribution in [0.4, 0.5) is 17.3 Å². The van der Waals surface area contributed by atoms with E-state index in [1.54, 1.807) is 13.1 Å². The molecule has 0 bridgehead atoms. The Morgan fingerprint density at radius 1 is 1.30 bits per heavy atom. The highest BCUT2D eigenvalue weighted by molar-refractivity contribution is 5.55. The lowest BCUT2D eigenvalue weighted by molar-refractivity contribution is -0.384. The lowest BCUT2D eigenvalue weighted by Crippen LogP contribution is -2.47. The van der Waals surface area contributed by atoms with E-state index in [2.05, 4.69) is 20.1 Å². The molecule has 1 saturated heterocycles. The molecule has 0 atom stereocenters. The fourth-order valence-corrected chi connectivity index (χ4v) is 2.65. The number of pyridine rings is 1. The van der Waals surface area contributed by atoms with Crippen molar-refractivity contribution in [1.29, 1.82) is 0 Å². The number of piperazine rings is 1. The summed E-state index contributed by atoms with van der Waals surface area (Å²) in [5.41, 5.74) is 0.0870. The second-order valence-electron chi connectivity index (χ2n) is 5.33. The van der Waals surface area contributed by atoms with E-state index < -0.39 is 0 Å².